The number of aromatic nitrogens is 3. The van der Waals surface area contributed by atoms with Gasteiger partial charge in [-0.05, 0) is 18.1 Å². The van der Waals surface area contributed by atoms with Crippen LogP contribution < -0.4 is 5.32 Å². The van der Waals surface area contributed by atoms with Crippen molar-refractivity contribution in [2.75, 3.05) is 5.32 Å². The minimum atomic E-state index is -0.0190. The number of amides is 1. The Bertz CT molecular complexity index is 684. The standard InChI is InChI=1S/C14H14N4O/c19-14(17-13-7-8-16-18-13)6-5-10-9-15-12-4-2-1-3-11(10)12/h1-4,7-9,15H,5-6H2,(H2,16,17,18,19). The number of nitrogens with one attached hydrogen (secondary N) is 3. The number of hydrogen-bond donors (Lipinski definition) is 3. The molecule has 0 atom stereocenters. The van der Waals surface area contributed by atoms with Crippen LogP contribution in [-0.2, 0) is 11.2 Å². The molecular formula is C14H14N4O. The Morgan fingerprint density at radius 1 is 1.26 bits per heavy atom. The summed E-state index contributed by atoms with van der Waals surface area (Å²) in [7, 11) is 0. The fourth-order valence-corrected chi connectivity index (χ4v) is 2.12. The van der Waals surface area contributed by atoms with E-state index in [9.17, 15) is 4.79 Å². The molecule has 0 bridgehead atoms. The van der Waals surface area contributed by atoms with Crippen LogP contribution in [-0.4, -0.2) is 21.1 Å². The van der Waals surface area contributed by atoms with E-state index >= 15 is 0 Å². The molecule has 0 fully saturated rings. The van der Waals surface area contributed by atoms with Crippen molar-refractivity contribution in [2.24, 2.45) is 0 Å². The van der Waals surface area contributed by atoms with Crippen LogP contribution in [0.15, 0.2) is 42.7 Å². The zero-order valence-electron chi connectivity index (χ0n) is 10.3. The first-order valence-corrected chi connectivity index (χ1v) is 6.17. The molecule has 0 saturated heterocycles. The van der Waals surface area contributed by atoms with Gasteiger partial charge in [0.05, 0.1) is 6.20 Å². The van der Waals surface area contributed by atoms with E-state index in [1.807, 2.05) is 24.4 Å². The number of rotatable bonds is 4. The van der Waals surface area contributed by atoms with Gasteiger partial charge in [-0.1, -0.05) is 18.2 Å². The molecule has 2 aromatic heterocycles. The van der Waals surface area contributed by atoms with Crippen LogP contribution >= 0.6 is 0 Å². The Morgan fingerprint density at radius 3 is 3.00 bits per heavy atom. The molecule has 0 spiro atoms. The summed E-state index contributed by atoms with van der Waals surface area (Å²) in [6.07, 6.45) is 4.73. The largest absolute Gasteiger partial charge is 0.361 e. The quantitative estimate of drug-likeness (QED) is 0.669. The van der Waals surface area contributed by atoms with E-state index < -0.39 is 0 Å². The molecular weight excluding hydrogens is 240 g/mol. The summed E-state index contributed by atoms with van der Waals surface area (Å²) >= 11 is 0. The van der Waals surface area contributed by atoms with Crippen molar-refractivity contribution >= 4 is 22.6 Å². The maximum Gasteiger partial charge on any atom is 0.225 e. The number of benzene rings is 1. The highest BCUT2D eigenvalue weighted by Crippen LogP contribution is 2.19. The molecule has 3 aromatic rings. The van der Waals surface area contributed by atoms with Crippen molar-refractivity contribution in [3.8, 4) is 0 Å². The number of carbonyl (C=O) groups excluding carboxylic acids is 1. The van der Waals surface area contributed by atoms with Gasteiger partial charge in [-0.25, -0.2) is 0 Å². The summed E-state index contributed by atoms with van der Waals surface area (Å²) in [6, 6.07) is 9.82. The third-order valence-electron chi connectivity index (χ3n) is 3.07. The van der Waals surface area contributed by atoms with E-state index in [1.54, 1.807) is 12.3 Å². The molecule has 3 N–H and O–H groups in total. The van der Waals surface area contributed by atoms with Gasteiger partial charge in [0.1, 0.15) is 5.82 Å². The molecule has 0 aliphatic heterocycles. The number of para-hydroxylation sites is 1. The van der Waals surface area contributed by atoms with E-state index in [2.05, 4.69) is 26.6 Å². The van der Waals surface area contributed by atoms with Gasteiger partial charge >= 0.3 is 0 Å². The molecule has 5 nitrogen and oxygen atoms in total. The summed E-state index contributed by atoms with van der Waals surface area (Å²) in [5.74, 6) is 0.610. The fourth-order valence-electron chi connectivity index (χ4n) is 2.12. The van der Waals surface area contributed by atoms with Crippen LogP contribution in [0.4, 0.5) is 5.82 Å². The van der Waals surface area contributed by atoms with Crippen molar-refractivity contribution in [1.82, 2.24) is 15.2 Å². The first-order valence-electron chi connectivity index (χ1n) is 6.17. The molecule has 96 valence electrons. The molecule has 5 heteroatoms. The minimum absolute atomic E-state index is 0.0190. The fraction of sp³-hybridized carbons (Fsp3) is 0.143. The van der Waals surface area contributed by atoms with E-state index in [0.717, 1.165) is 11.1 Å². The Kier molecular flexibility index (Phi) is 3.02. The molecule has 0 aliphatic carbocycles. The van der Waals surface area contributed by atoms with Crippen molar-refractivity contribution in [3.05, 3.63) is 48.3 Å². The Morgan fingerprint density at radius 2 is 2.16 bits per heavy atom. The third kappa shape index (κ3) is 2.49. The molecule has 19 heavy (non-hydrogen) atoms. The van der Waals surface area contributed by atoms with Crippen molar-refractivity contribution in [2.45, 2.75) is 12.8 Å². The van der Waals surface area contributed by atoms with Gasteiger partial charge < -0.3 is 10.3 Å². The zero-order chi connectivity index (χ0) is 13.1. The van der Waals surface area contributed by atoms with Crippen LogP contribution in [0.2, 0.25) is 0 Å². The van der Waals surface area contributed by atoms with Gasteiger partial charge in [-0.2, -0.15) is 5.10 Å². The second-order valence-electron chi connectivity index (χ2n) is 4.38. The van der Waals surface area contributed by atoms with Crippen LogP contribution in [0.3, 0.4) is 0 Å². The summed E-state index contributed by atoms with van der Waals surface area (Å²) in [4.78, 5) is 15.0. The van der Waals surface area contributed by atoms with E-state index in [-0.39, 0.29) is 5.91 Å². The summed E-state index contributed by atoms with van der Waals surface area (Å²) in [6.45, 7) is 0. The summed E-state index contributed by atoms with van der Waals surface area (Å²) in [5.41, 5.74) is 2.27. The predicted molar refractivity (Wildman–Crippen MR) is 73.8 cm³/mol. The third-order valence-corrected chi connectivity index (χ3v) is 3.07. The second kappa shape index (κ2) is 4.97. The number of nitrogens with zero attached hydrogens (tertiary/aromatic N) is 1. The lowest BCUT2D eigenvalue weighted by Gasteiger charge is -2.02. The Balaban J connectivity index is 1.64. The lowest BCUT2D eigenvalue weighted by atomic mass is 10.1. The van der Waals surface area contributed by atoms with Gasteiger partial charge in [0.25, 0.3) is 0 Å². The minimum Gasteiger partial charge on any atom is -0.361 e. The molecule has 0 radical (unpaired) electrons. The normalized spacial score (nSPS) is 10.7. The molecule has 1 amide bonds. The molecule has 0 saturated carbocycles. The van der Waals surface area contributed by atoms with E-state index in [1.165, 1.54) is 5.39 Å². The number of fused-ring (bicyclic) bond motifs is 1. The van der Waals surface area contributed by atoms with Gasteiger partial charge in [0, 0.05) is 29.6 Å². The Hall–Kier alpha value is -2.56. The van der Waals surface area contributed by atoms with Gasteiger partial charge in [0.2, 0.25) is 5.91 Å². The van der Waals surface area contributed by atoms with Gasteiger partial charge in [-0.3, -0.25) is 9.89 Å². The number of hydrogen-bond acceptors (Lipinski definition) is 2. The van der Waals surface area contributed by atoms with Gasteiger partial charge in [0.15, 0.2) is 0 Å². The number of aromatic amines is 2. The molecule has 3 rings (SSSR count). The van der Waals surface area contributed by atoms with Gasteiger partial charge in [-0.15, -0.1) is 0 Å². The predicted octanol–water partition coefficient (Wildman–Crippen LogP) is 2.46. The molecule has 0 aliphatic rings. The highest BCUT2D eigenvalue weighted by atomic mass is 16.1. The lowest BCUT2D eigenvalue weighted by Crippen LogP contribution is -2.12. The van der Waals surface area contributed by atoms with Crippen LogP contribution in [0, 0.1) is 0 Å². The first-order chi connectivity index (χ1) is 9.33. The highest BCUT2D eigenvalue weighted by Gasteiger charge is 2.07. The number of anilines is 1. The van der Waals surface area contributed by atoms with Crippen LogP contribution in [0.5, 0.6) is 0 Å². The van der Waals surface area contributed by atoms with Crippen molar-refractivity contribution < 1.29 is 4.79 Å². The maximum absolute atomic E-state index is 11.8. The maximum atomic E-state index is 11.8. The molecule has 1 aromatic carbocycles. The van der Waals surface area contributed by atoms with E-state index in [0.29, 0.717) is 18.7 Å². The monoisotopic (exact) mass is 254 g/mol. The van der Waals surface area contributed by atoms with E-state index in [4.69, 9.17) is 0 Å². The van der Waals surface area contributed by atoms with Crippen LogP contribution in [0.1, 0.15) is 12.0 Å². The average molecular weight is 254 g/mol. The zero-order valence-corrected chi connectivity index (χ0v) is 10.3. The first kappa shape index (κ1) is 11.5. The summed E-state index contributed by atoms with van der Waals surface area (Å²) < 4.78 is 0. The van der Waals surface area contributed by atoms with Crippen molar-refractivity contribution in [1.29, 1.82) is 0 Å². The topological polar surface area (TPSA) is 73.6 Å². The average Bonchev–Trinajstić information content (AvgIpc) is 3.05. The smallest absolute Gasteiger partial charge is 0.225 e. The second-order valence-corrected chi connectivity index (χ2v) is 4.38. The lowest BCUT2D eigenvalue weighted by molar-refractivity contribution is -0.116. The molecule has 2 heterocycles. The highest BCUT2D eigenvalue weighted by molar-refractivity contribution is 5.90. The SMILES string of the molecule is O=C(CCc1c[nH]c2ccccc12)Nc1ccn[nH]1. The summed E-state index contributed by atoms with van der Waals surface area (Å²) in [5, 5.41) is 10.4. The van der Waals surface area contributed by atoms with Crippen LogP contribution in [0.25, 0.3) is 10.9 Å². The molecule has 0 unspecified atom stereocenters. The Labute approximate surface area is 110 Å². The number of carbonyl (C=O) groups is 1. The number of H-pyrrole nitrogens is 2. The van der Waals surface area contributed by atoms with Crippen molar-refractivity contribution in [3.63, 3.8) is 0 Å². The number of aryl methyl sites for hydroxylation is 1.